The molecule has 0 radical (unpaired) electrons. The van der Waals surface area contributed by atoms with Gasteiger partial charge in [0.1, 0.15) is 17.0 Å². The van der Waals surface area contributed by atoms with E-state index in [1.165, 1.54) is 0 Å². The molecule has 1 aliphatic carbocycles. The van der Waals surface area contributed by atoms with Gasteiger partial charge in [-0.2, -0.15) is 0 Å². The summed E-state index contributed by atoms with van der Waals surface area (Å²) >= 11 is 3.47. The SMILES string of the molecule is CC(C)(C)OC(=O)N[C@H]1CC[C@@H](C(Br)C(=O)OCc2ccccc2)C1. The maximum absolute atomic E-state index is 12.2. The Morgan fingerprint density at radius 2 is 1.92 bits per heavy atom. The summed E-state index contributed by atoms with van der Waals surface area (Å²) in [4.78, 5) is 23.7. The first kappa shape index (κ1) is 19.8. The molecule has 1 aromatic rings. The van der Waals surface area contributed by atoms with Crippen molar-refractivity contribution in [2.75, 3.05) is 0 Å². The number of benzene rings is 1. The molecule has 0 bridgehead atoms. The fraction of sp³-hybridized carbons (Fsp3) is 0.579. The second kappa shape index (κ2) is 8.70. The summed E-state index contributed by atoms with van der Waals surface area (Å²) in [5, 5.41) is 2.88. The van der Waals surface area contributed by atoms with Crippen molar-refractivity contribution in [3.05, 3.63) is 35.9 Å². The number of alkyl halides is 1. The number of esters is 1. The largest absolute Gasteiger partial charge is 0.460 e. The van der Waals surface area contributed by atoms with Gasteiger partial charge in [-0.3, -0.25) is 4.79 Å². The number of rotatable bonds is 5. The van der Waals surface area contributed by atoms with Crippen LogP contribution >= 0.6 is 15.9 Å². The van der Waals surface area contributed by atoms with E-state index in [2.05, 4.69) is 21.2 Å². The van der Waals surface area contributed by atoms with Crippen LogP contribution in [0.4, 0.5) is 4.79 Å². The second-order valence-electron chi connectivity index (χ2n) is 7.41. The molecule has 1 unspecified atom stereocenters. The van der Waals surface area contributed by atoms with Crippen molar-refractivity contribution in [3.8, 4) is 0 Å². The molecule has 138 valence electrons. The molecular formula is C19H26BrNO4. The van der Waals surface area contributed by atoms with Crippen LogP contribution in [-0.4, -0.2) is 28.5 Å². The highest BCUT2D eigenvalue weighted by Gasteiger charge is 2.35. The van der Waals surface area contributed by atoms with E-state index < -0.39 is 11.7 Å². The van der Waals surface area contributed by atoms with Gasteiger partial charge in [0, 0.05) is 6.04 Å². The molecule has 2 rings (SSSR count). The second-order valence-corrected chi connectivity index (χ2v) is 8.40. The lowest BCUT2D eigenvalue weighted by molar-refractivity contribution is -0.145. The number of hydrogen-bond donors (Lipinski definition) is 1. The summed E-state index contributed by atoms with van der Waals surface area (Å²) in [6.07, 6.45) is 2.01. The van der Waals surface area contributed by atoms with E-state index in [-0.39, 0.29) is 29.4 Å². The number of alkyl carbamates (subject to hydrolysis) is 1. The molecule has 1 saturated carbocycles. The van der Waals surface area contributed by atoms with E-state index in [1.54, 1.807) is 0 Å². The monoisotopic (exact) mass is 411 g/mol. The summed E-state index contributed by atoms with van der Waals surface area (Å²) in [6.45, 7) is 5.78. The van der Waals surface area contributed by atoms with Gasteiger partial charge in [-0.05, 0) is 51.5 Å². The minimum atomic E-state index is -0.513. The Bertz CT molecular complexity index is 585. The molecule has 0 aromatic heterocycles. The minimum Gasteiger partial charge on any atom is -0.460 e. The number of halogens is 1. The van der Waals surface area contributed by atoms with Crippen LogP contribution < -0.4 is 5.32 Å². The fourth-order valence-corrected chi connectivity index (χ4v) is 3.50. The molecule has 25 heavy (non-hydrogen) atoms. The van der Waals surface area contributed by atoms with Crippen molar-refractivity contribution < 1.29 is 19.1 Å². The Kier molecular flexibility index (Phi) is 6.87. The van der Waals surface area contributed by atoms with Gasteiger partial charge < -0.3 is 14.8 Å². The van der Waals surface area contributed by atoms with Crippen LogP contribution in [-0.2, 0) is 20.9 Å². The predicted molar refractivity (Wildman–Crippen MR) is 99.5 cm³/mol. The van der Waals surface area contributed by atoms with Crippen LogP contribution in [0.15, 0.2) is 30.3 Å². The Labute approximate surface area is 157 Å². The van der Waals surface area contributed by atoms with Crippen molar-refractivity contribution in [2.45, 2.75) is 63.1 Å². The van der Waals surface area contributed by atoms with Crippen LogP contribution in [0.1, 0.15) is 45.6 Å². The third kappa shape index (κ3) is 6.69. The van der Waals surface area contributed by atoms with Crippen LogP contribution in [0.3, 0.4) is 0 Å². The first-order valence-corrected chi connectivity index (χ1v) is 9.50. The maximum Gasteiger partial charge on any atom is 0.407 e. The lowest BCUT2D eigenvalue weighted by Crippen LogP contribution is -2.38. The average Bonchev–Trinajstić information content (AvgIpc) is 2.99. The highest BCUT2D eigenvalue weighted by atomic mass is 79.9. The summed E-state index contributed by atoms with van der Waals surface area (Å²) < 4.78 is 10.7. The molecule has 0 heterocycles. The number of hydrogen-bond acceptors (Lipinski definition) is 4. The van der Waals surface area contributed by atoms with Gasteiger partial charge in [0.25, 0.3) is 0 Å². The molecule has 0 saturated heterocycles. The highest BCUT2D eigenvalue weighted by Crippen LogP contribution is 2.33. The van der Waals surface area contributed by atoms with Crippen molar-refractivity contribution in [3.63, 3.8) is 0 Å². The number of carbonyl (C=O) groups is 2. The van der Waals surface area contributed by atoms with Crippen molar-refractivity contribution in [1.82, 2.24) is 5.32 Å². The third-order valence-corrected chi connectivity index (χ3v) is 5.18. The smallest absolute Gasteiger partial charge is 0.407 e. The number of amides is 1. The Morgan fingerprint density at radius 1 is 1.24 bits per heavy atom. The molecule has 3 atom stereocenters. The fourth-order valence-electron chi connectivity index (χ4n) is 2.89. The first-order valence-electron chi connectivity index (χ1n) is 8.59. The van der Waals surface area contributed by atoms with Crippen molar-refractivity contribution in [2.24, 2.45) is 5.92 Å². The summed E-state index contributed by atoms with van der Waals surface area (Å²) in [6, 6.07) is 9.63. The Balaban J connectivity index is 1.76. The van der Waals surface area contributed by atoms with Gasteiger partial charge in [0.2, 0.25) is 0 Å². The van der Waals surface area contributed by atoms with Crippen molar-refractivity contribution >= 4 is 28.0 Å². The zero-order valence-electron chi connectivity index (χ0n) is 15.0. The molecular weight excluding hydrogens is 386 g/mol. The molecule has 0 aliphatic heterocycles. The lowest BCUT2D eigenvalue weighted by Gasteiger charge is -2.22. The van der Waals surface area contributed by atoms with E-state index in [4.69, 9.17) is 9.47 Å². The van der Waals surface area contributed by atoms with E-state index >= 15 is 0 Å². The topological polar surface area (TPSA) is 64.6 Å². The van der Waals surface area contributed by atoms with Crippen LogP contribution in [0.2, 0.25) is 0 Å². The zero-order chi connectivity index (χ0) is 18.4. The molecule has 1 aliphatic rings. The first-order chi connectivity index (χ1) is 11.7. The Hall–Kier alpha value is -1.56. The lowest BCUT2D eigenvalue weighted by atomic mass is 10.0. The maximum atomic E-state index is 12.2. The molecule has 0 spiro atoms. The zero-order valence-corrected chi connectivity index (χ0v) is 16.5. The van der Waals surface area contributed by atoms with E-state index in [0.29, 0.717) is 0 Å². The minimum absolute atomic E-state index is 0.0295. The van der Waals surface area contributed by atoms with Crippen molar-refractivity contribution in [1.29, 1.82) is 0 Å². The number of nitrogens with one attached hydrogen (secondary N) is 1. The van der Waals surface area contributed by atoms with Crippen LogP contribution in [0, 0.1) is 5.92 Å². The normalized spacial score (nSPS) is 21.4. The van der Waals surface area contributed by atoms with Crippen LogP contribution in [0.5, 0.6) is 0 Å². The average molecular weight is 412 g/mol. The molecule has 6 heteroatoms. The molecule has 1 fully saturated rings. The van der Waals surface area contributed by atoms with Gasteiger partial charge in [0.15, 0.2) is 0 Å². The summed E-state index contributed by atoms with van der Waals surface area (Å²) in [5.41, 5.74) is 0.452. The quantitative estimate of drug-likeness (QED) is 0.582. The Morgan fingerprint density at radius 3 is 2.56 bits per heavy atom. The van der Waals surface area contributed by atoms with Gasteiger partial charge in [-0.15, -0.1) is 0 Å². The van der Waals surface area contributed by atoms with Gasteiger partial charge in [-0.1, -0.05) is 46.3 Å². The molecule has 1 aromatic carbocycles. The molecule has 1 amide bonds. The predicted octanol–water partition coefficient (Wildman–Crippen LogP) is 4.19. The van der Waals surface area contributed by atoms with E-state index in [1.807, 2.05) is 51.1 Å². The van der Waals surface area contributed by atoms with E-state index in [9.17, 15) is 9.59 Å². The highest BCUT2D eigenvalue weighted by molar-refractivity contribution is 9.10. The molecule has 1 N–H and O–H groups in total. The van der Waals surface area contributed by atoms with Crippen LogP contribution in [0.25, 0.3) is 0 Å². The van der Waals surface area contributed by atoms with E-state index in [0.717, 1.165) is 24.8 Å². The van der Waals surface area contributed by atoms with Gasteiger partial charge >= 0.3 is 12.1 Å². The summed E-state index contributed by atoms with van der Waals surface area (Å²) in [5.74, 6) is -0.116. The number of ether oxygens (including phenoxy) is 2. The van der Waals surface area contributed by atoms with Gasteiger partial charge in [0.05, 0.1) is 0 Å². The molecule has 5 nitrogen and oxygen atoms in total. The third-order valence-electron chi connectivity index (χ3n) is 4.06. The van der Waals surface area contributed by atoms with Gasteiger partial charge in [-0.25, -0.2) is 4.79 Å². The summed E-state index contributed by atoms with van der Waals surface area (Å²) in [7, 11) is 0. The standard InChI is InChI=1S/C19H26BrNO4/c1-19(2,3)25-18(23)21-15-10-9-14(11-15)16(20)17(22)24-12-13-7-5-4-6-8-13/h4-8,14-16H,9-12H2,1-3H3,(H,21,23)/t14-,15+,16?/m1/s1. The number of carbonyl (C=O) groups excluding carboxylic acids is 2.